The molecule has 1 atom stereocenters. The fraction of sp³-hybridized carbons (Fsp3) is 0.500. The van der Waals surface area contributed by atoms with Crippen molar-refractivity contribution in [1.29, 1.82) is 0 Å². The van der Waals surface area contributed by atoms with Crippen LogP contribution in [0.5, 0.6) is 0 Å². The van der Waals surface area contributed by atoms with Gasteiger partial charge in [0.1, 0.15) is 5.82 Å². The number of hydrogen-bond donors (Lipinski definition) is 0. The molecule has 1 fully saturated rings. The molecular weight excluding hydrogens is 272 g/mol. The Hall–Kier alpha value is -1.35. The van der Waals surface area contributed by atoms with E-state index in [1.165, 1.54) is 12.8 Å². The summed E-state index contributed by atoms with van der Waals surface area (Å²) in [5.74, 6) is 1.76. The van der Waals surface area contributed by atoms with Crippen LogP contribution < -0.4 is 5.56 Å². The normalized spacial score (nSPS) is 16.5. The van der Waals surface area contributed by atoms with Crippen molar-refractivity contribution < 1.29 is 0 Å². The molecule has 1 saturated carbocycles. The van der Waals surface area contributed by atoms with Crippen LogP contribution in [0.15, 0.2) is 29.1 Å². The van der Waals surface area contributed by atoms with Crippen LogP contribution in [0.25, 0.3) is 10.9 Å². The first-order valence-corrected chi connectivity index (χ1v) is 7.84. The van der Waals surface area contributed by atoms with Gasteiger partial charge in [-0.1, -0.05) is 31.9 Å². The Balaban J connectivity index is 2.15. The van der Waals surface area contributed by atoms with E-state index in [0.29, 0.717) is 11.2 Å². The highest BCUT2D eigenvalue weighted by Gasteiger charge is 2.27. The molecule has 0 radical (unpaired) electrons. The Morgan fingerprint density at radius 3 is 2.80 bits per heavy atom. The highest BCUT2D eigenvalue weighted by molar-refractivity contribution is 6.16. The average Bonchev–Trinajstić information content (AvgIpc) is 3.29. The highest BCUT2D eigenvalue weighted by atomic mass is 35.5. The van der Waals surface area contributed by atoms with E-state index in [-0.39, 0.29) is 17.5 Å². The standard InChI is InChI=1S/C16H19ClN2O/c1-2-12(9-11-7-8-11)19-15(10-17)18-14-6-4-3-5-13(14)16(19)20/h3-6,11-12H,2,7-10H2,1H3. The molecular formula is C16H19ClN2O. The zero-order valence-corrected chi connectivity index (χ0v) is 12.4. The minimum atomic E-state index is 0.0544. The molecule has 2 aromatic rings. The molecule has 0 aliphatic heterocycles. The van der Waals surface area contributed by atoms with E-state index in [9.17, 15) is 4.79 Å². The first kappa shape index (κ1) is 13.6. The SMILES string of the molecule is CCC(CC1CC1)n1c(CCl)nc2ccccc2c1=O. The second kappa shape index (κ2) is 5.57. The van der Waals surface area contributed by atoms with Crippen LogP contribution in [0.2, 0.25) is 0 Å². The van der Waals surface area contributed by atoms with Crippen LogP contribution in [-0.2, 0) is 5.88 Å². The summed E-state index contributed by atoms with van der Waals surface area (Å²) in [6.45, 7) is 2.13. The lowest BCUT2D eigenvalue weighted by atomic mass is 10.1. The van der Waals surface area contributed by atoms with E-state index in [1.807, 2.05) is 28.8 Å². The molecule has 1 aliphatic rings. The van der Waals surface area contributed by atoms with Gasteiger partial charge < -0.3 is 0 Å². The van der Waals surface area contributed by atoms with Gasteiger partial charge in [-0.25, -0.2) is 4.98 Å². The number of para-hydroxylation sites is 1. The van der Waals surface area contributed by atoms with Crippen LogP contribution in [-0.4, -0.2) is 9.55 Å². The van der Waals surface area contributed by atoms with Gasteiger partial charge in [0.15, 0.2) is 0 Å². The van der Waals surface area contributed by atoms with E-state index in [0.717, 1.165) is 24.3 Å². The Morgan fingerprint density at radius 1 is 1.40 bits per heavy atom. The fourth-order valence-corrected chi connectivity index (χ4v) is 3.04. The summed E-state index contributed by atoms with van der Waals surface area (Å²) in [5, 5.41) is 0.690. The molecule has 1 heterocycles. The molecule has 0 spiro atoms. The summed E-state index contributed by atoms with van der Waals surface area (Å²) in [5.41, 5.74) is 0.796. The Morgan fingerprint density at radius 2 is 2.15 bits per heavy atom. The van der Waals surface area contributed by atoms with Gasteiger partial charge in [0, 0.05) is 6.04 Å². The molecule has 3 nitrogen and oxygen atoms in total. The van der Waals surface area contributed by atoms with Crippen LogP contribution in [0.3, 0.4) is 0 Å². The zero-order valence-electron chi connectivity index (χ0n) is 11.7. The molecule has 3 rings (SSSR count). The van der Waals surface area contributed by atoms with E-state index in [2.05, 4.69) is 11.9 Å². The highest BCUT2D eigenvalue weighted by Crippen LogP contribution is 2.37. The quantitative estimate of drug-likeness (QED) is 0.783. The number of rotatable bonds is 5. The van der Waals surface area contributed by atoms with Gasteiger partial charge in [0.2, 0.25) is 0 Å². The molecule has 1 aliphatic carbocycles. The fourth-order valence-electron chi connectivity index (χ4n) is 2.86. The van der Waals surface area contributed by atoms with Gasteiger partial charge in [0.05, 0.1) is 16.8 Å². The van der Waals surface area contributed by atoms with Crippen molar-refractivity contribution in [3.05, 3.63) is 40.4 Å². The van der Waals surface area contributed by atoms with Gasteiger partial charge in [0.25, 0.3) is 5.56 Å². The largest absolute Gasteiger partial charge is 0.292 e. The summed E-state index contributed by atoms with van der Waals surface area (Å²) in [6.07, 6.45) is 4.60. The van der Waals surface area contributed by atoms with E-state index >= 15 is 0 Å². The molecule has 0 amide bonds. The summed E-state index contributed by atoms with van der Waals surface area (Å²) in [6, 6.07) is 7.74. The van der Waals surface area contributed by atoms with Gasteiger partial charge in [-0.3, -0.25) is 9.36 Å². The number of halogens is 1. The molecule has 20 heavy (non-hydrogen) atoms. The lowest BCUT2D eigenvalue weighted by molar-refractivity contribution is 0.406. The molecule has 106 valence electrons. The number of nitrogens with zero attached hydrogens (tertiary/aromatic N) is 2. The summed E-state index contributed by atoms with van der Waals surface area (Å²) < 4.78 is 1.84. The summed E-state index contributed by atoms with van der Waals surface area (Å²) in [4.78, 5) is 17.4. The van der Waals surface area contributed by atoms with Crippen molar-refractivity contribution in [3.8, 4) is 0 Å². The number of hydrogen-bond acceptors (Lipinski definition) is 2. The van der Waals surface area contributed by atoms with Crippen molar-refractivity contribution in [2.75, 3.05) is 0 Å². The third kappa shape index (κ3) is 2.47. The summed E-state index contributed by atoms with van der Waals surface area (Å²) in [7, 11) is 0. The molecule has 1 aromatic heterocycles. The van der Waals surface area contributed by atoms with Gasteiger partial charge in [-0.2, -0.15) is 0 Å². The van der Waals surface area contributed by atoms with Crippen LogP contribution in [0.1, 0.15) is 44.5 Å². The molecule has 0 bridgehead atoms. The number of fused-ring (bicyclic) bond motifs is 1. The first-order valence-electron chi connectivity index (χ1n) is 7.30. The zero-order chi connectivity index (χ0) is 14.1. The van der Waals surface area contributed by atoms with Crippen LogP contribution in [0.4, 0.5) is 0 Å². The second-order valence-electron chi connectivity index (χ2n) is 5.60. The third-order valence-electron chi connectivity index (χ3n) is 4.14. The van der Waals surface area contributed by atoms with Crippen molar-refractivity contribution in [2.24, 2.45) is 5.92 Å². The monoisotopic (exact) mass is 290 g/mol. The van der Waals surface area contributed by atoms with Gasteiger partial charge >= 0.3 is 0 Å². The molecule has 1 aromatic carbocycles. The minimum absolute atomic E-state index is 0.0544. The molecule has 0 N–H and O–H groups in total. The van der Waals surface area contributed by atoms with E-state index in [1.54, 1.807) is 0 Å². The maximum absolute atomic E-state index is 12.8. The first-order chi connectivity index (χ1) is 9.74. The third-order valence-corrected chi connectivity index (χ3v) is 4.38. The smallest absolute Gasteiger partial charge is 0.261 e. The van der Waals surface area contributed by atoms with Gasteiger partial charge in [-0.15, -0.1) is 11.6 Å². The topological polar surface area (TPSA) is 34.9 Å². The molecule has 1 unspecified atom stereocenters. The maximum atomic E-state index is 12.8. The lowest BCUT2D eigenvalue weighted by Gasteiger charge is -2.21. The van der Waals surface area contributed by atoms with Gasteiger partial charge in [-0.05, 0) is 30.9 Å². The number of benzene rings is 1. The minimum Gasteiger partial charge on any atom is -0.292 e. The van der Waals surface area contributed by atoms with Crippen molar-refractivity contribution in [2.45, 2.75) is 44.5 Å². The maximum Gasteiger partial charge on any atom is 0.261 e. The Bertz CT molecular complexity index is 676. The molecule has 4 heteroatoms. The Kier molecular flexibility index (Phi) is 3.79. The van der Waals surface area contributed by atoms with Crippen LogP contribution in [0, 0.1) is 5.92 Å². The van der Waals surface area contributed by atoms with E-state index < -0.39 is 0 Å². The van der Waals surface area contributed by atoms with Crippen molar-refractivity contribution in [3.63, 3.8) is 0 Å². The molecule has 0 saturated heterocycles. The predicted molar refractivity (Wildman–Crippen MR) is 82.2 cm³/mol. The lowest BCUT2D eigenvalue weighted by Crippen LogP contribution is -2.29. The van der Waals surface area contributed by atoms with E-state index in [4.69, 9.17) is 11.6 Å². The van der Waals surface area contributed by atoms with Crippen molar-refractivity contribution >= 4 is 22.5 Å². The van der Waals surface area contributed by atoms with Crippen molar-refractivity contribution in [1.82, 2.24) is 9.55 Å². The Labute approximate surface area is 123 Å². The second-order valence-corrected chi connectivity index (χ2v) is 5.86. The number of aromatic nitrogens is 2. The van der Waals surface area contributed by atoms with Crippen LogP contribution >= 0.6 is 11.6 Å². The number of alkyl halides is 1. The predicted octanol–water partition coefficient (Wildman–Crippen LogP) is 3.89. The average molecular weight is 291 g/mol. The summed E-state index contributed by atoms with van der Waals surface area (Å²) >= 11 is 6.04.